The first-order valence-corrected chi connectivity index (χ1v) is 9.37. The third-order valence-corrected chi connectivity index (χ3v) is 5.05. The van der Waals surface area contributed by atoms with E-state index in [9.17, 15) is 4.79 Å². The summed E-state index contributed by atoms with van der Waals surface area (Å²) in [6.45, 7) is 3.26. The Bertz CT molecular complexity index is 614. The zero-order chi connectivity index (χ0) is 19.6. The number of hydrogen-bond donors (Lipinski definition) is 0. The van der Waals surface area contributed by atoms with Crippen molar-refractivity contribution >= 4 is 67.0 Å². The van der Waals surface area contributed by atoms with Gasteiger partial charge in [0.2, 0.25) is 6.41 Å². The predicted octanol–water partition coefficient (Wildman–Crippen LogP) is -6.29. The molecule has 1 saturated heterocycles. The Morgan fingerprint density at radius 2 is 1.38 bits per heavy atom. The van der Waals surface area contributed by atoms with E-state index >= 15 is 0 Å². The highest BCUT2D eigenvalue weighted by atomic mass is 16.6. The first kappa shape index (κ1) is 21.0. The minimum atomic E-state index is -0.489. The maximum absolute atomic E-state index is 10.8. The van der Waals surface area contributed by atoms with Gasteiger partial charge in [0.1, 0.15) is 60.7 Å². The van der Waals surface area contributed by atoms with Crippen molar-refractivity contribution in [3.05, 3.63) is 24.3 Å². The molecule has 0 saturated carbocycles. The fourth-order valence-electron chi connectivity index (χ4n) is 3.12. The molecular weight excluding hydrogens is 320 g/mol. The lowest BCUT2D eigenvalue weighted by Gasteiger charge is -2.47. The monoisotopic (exact) mass is 348 g/mol. The standard InChI is InChI=1S/C14H27B7N2O3/c15-12(16,13(17,18)26-14(19,20)21)25-11-3-1-10(2-4-11)23-7-5-22(9-24)6-8-23/h1-4,9H,5-8,15-21H2. The SMILES string of the molecule is BC(B)(B)OC(B)(B)C(B)(B)Oc1ccc(N2CCN(C=O)CC2)cc1. The van der Waals surface area contributed by atoms with Crippen molar-refractivity contribution in [2.45, 2.75) is 16.1 Å². The van der Waals surface area contributed by atoms with Crippen molar-refractivity contribution < 1.29 is 14.3 Å². The van der Waals surface area contributed by atoms with Gasteiger partial charge in [0, 0.05) is 37.3 Å². The number of amides is 1. The Hall–Kier alpha value is -1.30. The van der Waals surface area contributed by atoms with Gasteiger partial charge in [0.15, 0.2) is 0 Å². The average molecular weight is 347 g/mol. The van der Waals surface area contributed by atoms with Crippen molar-refractivity contribution in [3.8, 4) is 5.75 Å². The lowest BCUT2D eigenvalue weighted by atomic mass is 9.40. The molecule has 0 atom stereocenters. The van der Waals surface area contributed by atoms with Gasteiger partial charge in [-0.15, -0.1) is 0 Å². The molecule has 0 bridgehead atoms. The highest BCUT2D eigenvalue weighted by Crippen LogP contribution is 2.27. The van der Waals surface area contributed by atoms with Crippen LogP contribution in [0.1, 0.15) is 0 Å². The lowest BCUT2D eigenvalue weighted by molar-refractivity contribution is -0.118. The predicted molar refractivity (Wildman–Crippen MR) is 126 cm³/mol. The summed E-state index contributed by atoms with van der Waals surface area (Å²) < 4.78 is 12.5. The van der Waals surface area contributed by atoms with Gasteiger partial charge in [-0.25, -0.2) is 0 Å². The zero-order valence-corrected chi connectivity index (χ0v) is 17.3. The fourth-order valence-corrected chi connectivity index (χ4v) is 3.12. The second-order valence-corrected chi connectivity index (χ2v) is 8.96. The number of benzene rings is 1. The molecule has 26 heavy (non-hydrogen) atoms. The average Bonchev–Trinajstić information content (AvgIpc) is 2.53. The Labute approximate surface area is 163 Å². The van der Waals surface area contributed by atoms with Crippen LogP contribution in [0.25, 0.3) is 0 Å². The van der Waals surface area contributed by atoms with Crippen LogP contribution in [-0.4, -0.2) is 109 Å². The molecule has 132 valence electrons. The van der Waals surface area contributed by atoms with Crippen LogP contribution in [0, 0.1) is 0 Å². The van der Waals surface area contributed by atoms with E-state index in [-0.39, 0.29) is 5.30 Å². The van der Waals surface area contributed by atoms with Crippen molar-refractivity contribution in [2.75, 3.05) is 31.1 Å². The maximum atomic E-state index is 10.8. The first-order chi connectivity index (χ1) is 11.9. The third-order valence-electron chi connectivity index (χ3n) is 5.05. The first-order valence-electron chi connectivity index (χ1n) is 9.37. The fraction of sp³-hybridized carbons (Fsp3) is 0.500. The van der Waals surface area contributed by atoms with Gasteiger partial charge in [0.25, 0.3) is 0 Å². The molecular formula is C14H27B7N2O3. The molecule has 0 radical (unpaired) electrons. The molecule has 0 N–H and O–H groups in total. The molecule has 1 aliphatic heterocycles. The number of anilines is 1. The summed E-state index contributed by atoms with van der Waals surface area (Å²) in [5.74, 6) is 0.830. The van der Waals surface area contributed by atoms with E-state index in [0.29, 0.717) is 0 Å². The molecule has 1 amide bonds. The Morgan fingerprint density at radius 1 is 0.846 bits per heavy atom. The maximum Gasteiger partial charge on any atom is 0.209 e. The van der Waals surface area contributed by atoms with E-state index in [1.807, 2.05) is 17.0 Å². The number of piperazine rings is 1. The van der Waals surface area contributed by atoms with Gasteiger partial charge in [0.05, 0.1) is 5.40 Å². The molecule has 1 aromatic rings. The van der Waals surface area contributed by atoms with Crippen molar-refractivity contribution in [1.29, 1.82) is 0 Å². The minimum Gasteiger partial charge on any atom is -0.504 e. The van der Waals surface area contributed by atoms with E-state index in [4.69, 9.17) is 9.47 Å². The molecule has 0 aliphatic carbocycles. The van der Waals surface area contributed by atoms with Gasteiger partial charge in [-0.3, -0.25) is 4.79 Å². The number of hydrogen-bond acceptors (Lipinski definition) is 4. The molecule has 1 heterocycles. The highest BCUT2D eigenvalue weighted by molar-refractivity contribution is 6.59. The van der Waals surface area contributed by atoms with E-state index in [2.05, 4.69) is 72.0 Å². The molecule has 0 spiro atoms. The molecule has 0 aromatic heterocycles. The van der Waals surface area contributed by atoms with Crippen LogP contribution in [0.15, 0.2) is 24.3 Å². The van der Waals surface area contributed by atoms with Crippen LogP contribution in [0.2, 0.25) is 0 Å². The van der Waals surface area contributed by atoms with Crippen LogP contribution >= 0.6 is 0 Å². The largest absolute Gasteiger partial charge is 0.504 e. The van der Waals surface area contributed by atoms with Crippen molar-refractivity contribution in [3.63, 3.8) is 0 Å². The lowest BCUT2D eigenvalue weighted by Crippen LogP contribution is -2.65. The van der Waals surface area contributed by atoms with Gasteiger partial charge in [-0.1, -0.05) is 0 Å². The molecule has 2 rings (SSSR count). The summed E-state index contributed by atoms with van der Waals surface area (Å²) >= 11 is 0. The molecule has 5 nitrogen and oxygen atoms in total. The van der Waals surface area contributed by atoms with Crippen LogP contribution < -0.4 is 9.64 Å². The van der Waals surface area contributed by atoms with Crippen molar-refractivity contribution in [2.24, 2.45) is 0 Å². The van der Waals surface area contributed by atoms with Crippen LogP contribution in [-0.2, 0) is 9.53 Å². The zero-order valence-electron chi connectivity index (χ0n) is 17.3. The number of carbonyl (C=O) groups excluding carboxylic acids is 1. The topological polar surface area (TPSA) is 42.0 Å². The van der Waals surface area contributed by atoms with E-state index in [1.54, 1.807) is 0 Å². The van der Waals surface area contributed by atoms with Crippen molar-refractivity contribution in [1.82, 2.24) is 4.90 Å². The molecule has 0 unspecified atom stereocenters. The number of rotatable bonds is 7. The Morgan fingerprint density at radius 3 is 1.85 bits per heavy atom. The number of nitrogens with zero attached hydrogens (tertiary/aromatic N) is 2. The molecule has 12 heteroatoms. The van der Waals surface area contributed by atoms with E-state index in [1.165, 1.54) is 0 Å². The molecule has 1 fully saturated rings. The van der Waals surface area contributed by atoms with Gasteiger partial charge >= 0.3 is 0 Å². The van der Waals surface area contributed by atoms with Gasteiger partial charge in [-0.05, 0) is 29.6 Å². The normalized spacial score (nSPS) is 16.3. The third kappa shape index (κ3) is 5.35. The summed E-state index contributed by atoms with van der Waals surface area (Å²) in [7, 11) is 14.4. The highest BCUT2D eigenvalue weighted by Gasteiger charge is 2.41. The summed E-state index contributed by atoms with van der Waals surface area (Å²) in [5.41, 5.74) is 1.16. The summed E-state index contributed by atoms with van der Waals surface area (Å²) in [6.07, 6.45) is 0.928. The Kier molecular flexibility index (Phi) is 6.26. The number of ether oxygens (including phenoxy) is 2. The quantitative estimate of drug-likeness (QED) is 0.364. The smallest absolute Gasteiger partial charge is 0.209 e. The molecule has 1 aromatic carbocycles. The minimum absolute atomic E-state index is 0.238. The summed E-state index contributed by atoms with van der Waals surface area (Å²) in [6, 6.07) is 8.19. The summed E-state index contributed by atoms with van der Waals surface area (Å²) in [4.78, 5) is 14.9. The van der Waals surface area contributed by atoms with Crippen LogP contribution in [0.3, 0.4) is 0 Å². The second-order valence-electron chi connectivity index (χ2n) is 8.96. The summed E-state index contributed by atoms with van der Waals surface area (Å²) in [5, 5.41) is -1.18. The van der Waals surface area contributed by atoms with Crippen LogP contribution in [0.4, 0.5) is 5.69 Å². The van der Waals surface area contributed by atoms with Crippen LogP contribution in [0.5, 0.6) is 5.75 Å². The van der Waals surface area contributed by atoms with Gasteiger partial charge in [-0.2, -0.15) is 0 Å². The van der Waals surface area contributed by atoms with E-state index in [0.717, 1.165) is 44.0 Å². The number of carbonyl (C=O) groups is 1. The molecule has 1 aliphatic rings. The second kappa shape index (κ2) is 7.75. The van der Waals surface area contributed by atoms with E-state index < -0.39 is 10.8 Å². The van der Waals surface area contributed by atoms with Gasteiger partial charge < -0.3 is 19.3 Å². The Balaban J connectivity index is 2.03.